The number of anilines is 2. The van der Waals surface area contributed by atoms with Gasteiger partial charge >= 0.3 is 0 Å². The van der Waals surface area contributed by atoms with Gasteiger partial charge in [-0.15, -0.1) is 0 Å². The topological polar surface area (TPSA) is 86.1 Å². The Bertz CT molecular complexity index is 1250. The van der Waals surface area contributed by atoms with Crippen LogP contribution in [0.25, 0.3) is 16.7 Å². The van der Waals surface area contributed by atoms with E-state index in [0.717, 1.165) is 28.0 Å². The van der Waals surface area contributed by atoms with E-state index in [0.29, 0.717) is 12.6 Å². The molecule has 0 spiro atoms. The second-order valence-corrected chi connectivity index (χ2v) is 8.70. The molecule has 148 valence electrons. The molecule has 0 saturated heterocycles. The van der Waals surface area contributed by atoms with E-state index in [4.69, 9.17) is 4.74 Å². The number of fused-ring (bicyclic) bond motifs is 1. The molecule has 2 heterocycles. The van der Waals surface area contributed by atoms with E-state index in [-0.39, 0.29) is 4.90 Å². The Morgan fingerprint density at radius 3 is 2.41 bits per heavy atom. The Morgan fingerprint density at radius 2 is 1.76 bits per heavy atom. The number of benzene rings is 2. The molecule has 4 aromatic rings. The van der Waals surface area contributed by atoms with E-state index in [1.165, 1.54) is 6.26 Å². The van der Waals surface area contributed by atoms with Crippen LogP contribution in [0.15, 0.2) is 71.9 Å². The van der Waals surface area contributed by atoms with E-state index < -0.39 is 9.84 Å². The summed E-state index contributed by atoms with van der Waals surface area (Å²) in [5.41, 5.74) is 3.51. The summed E-state index contributed by atoms with van der Waals surface area (Å²) in [6.45, 7) is 0.564. The van der Waals surface area contributed by atoms with Gasteiger partial charge < -0.3 is 14.6 Å². The summed E-state index contributed by atoms with van der Waals surface area (Å²) in [6.07, 6.45) is 4.84. The first kappa shape index (κ1) is 19.1. The molecule has 0 aliphatic carbocycles. The molecule has 0 radical (unpaired) electrons. The third-order valence-corrected chi connectivity index (χ3v) is 5.62. The van der Waals surface area contributed by atoms with Crippen molar-refractivity contribution < 1.29 is 13.2 Å². The summed E-state index contributed by atoms with van der Waals surface area (Å²) in [7, 11) is -1.57. The lowest BCUT2D eigenvalue weighted by molar-refractivity contribution is 0.185. The van der Waals surface area contributed by atoms with Crippen molar-refractivity contribution in [1.82, 2.24) is 14.5 Å². The molecular formula is C21H20N4O3S. The van der Waals surface area contributed by atoms with Crippen LogP contribution >= 0.6 is 0 Å². The van der Waals surface area contributed by atoms with Crippen LogP contribution in [0.2, 0.25) is 0 Å². The molecule has 8 heteroatoms. The summed E-state index contributed by atoms with van der Waals surface area (Å²) in [5.74, 6) is 0.477. The van der Waals surface area contributed by atoms with Crippen molar-refractivity contribution in [3.8, 4) is 5.69 Å². The zero-order valence-electron chi connectivity index (χ0n) is 16.0. The highest BCUT2D eigenvalue weighted by Crippen LogP contribution is 2.22. The first-order valence-electron chi connectivity index (χ1n) is 8.93. The number of ether oxygens (including phenoxy) is 1. The molecule has 0 amide bonds. The number of aromatic nitrogens is 3. The van der Waals surface area contributed by atoms with Crippen LogP contribution in [-0.2, 0) is 21.2 Å². The predicted molar refractivity (Wildman–Crippen MR) is 112 cm³/mol. The third kappa shape index (κ3) is 4.13. The Hall–Kier alpha value is -3.23. The summed E-state index contributed by atoms with van der Waals surface area (Å²) >= 11 is 0. The van der Waals surface area contributed by atoms with E-state index in [1.807, 2.05) is 41.1 Å². The van der Waals surface area contributed by atoms with Crippen molar-refractivity contribution >= 4 is 32.5 Å². The van der Waals surface area contributed by atoms with E-state index in [9.17, 15) is 8.42 Å². The number of nitrogens with zero attached hydrogens (tertiary/aromatic N) is 3. The van der Waals surface area contributed by atoms with Gasteiger partial charge in [-0.1, -0.05) is 12.1 Å². The highest BCUT2D eigenvalue weighted by Gasteiger charge is 2.10. The van der Waals surface area contributed by atoms with Crippen LogP contribution < -0.4 is 5.32 Å². The molecule has 0 bridgehead atoms. The number of nitrogens with one attached hydrogen (secondary N) is 1. The first-order valence-corrected chi connectivity index (χ1v) is 10.8. The van der Waals surface area contributed by atoms with Gasteiger partial charge in [0.1, 0.15) is 5.65 Å². The number of hydrogen-bond donors (Lipinski definition) is 1. The number of rotatable bonds is 6. The fourth-order valence-corrected chi connectivity index (χ4v) is 3.65. The molecule has 7 nitrogen and oxygen atoms in total. The Kier molecular flexibility index (Phi) is 5.04. The second kappa shape index (κ2) is 7.65. The summed E-state index contributed by atoms with van der Waals surface area (Å²) in [6, 6.07) is 16.5. The largest absolute Gasteiger partial charge is 0.380 e. The summed E-state index contributed by atoms with van der Waals surface area (Å²) in [4.78, 5) is 9.29. The third-order valence-electron chi connectivity index (χ3n) is 4.49. The molecule has 1 N–H and O–H groups in total. The summed E-state index contributed by atoms with van der Waals surface area (Å²) < 4.78 is 30.4. The van der Waals surface area contributed by atoms with Crippen molar-refractivity contribution in [2.45, 2.75) is 11.5 Å². The maximum absolute atomic E-state index is 11.7. The number of methoxy groups -OCH3 is 1. The smallest absolute Gasteiger partial charge is 0.229 e. The lowest BCUT2D eigenvalue weighted by atomic mass is 10.2. The standard InChI is InChI=1S/C21H20N4O3S/c1-28-14-15-3-5-17(6-4-15)23-21-22-13-16-11-12-25(20(16)24-21)18-7-9-19(10-8-18)29(2,26)27/h3-13H,14H2,1-2H3,(H,22,23,24). The van der Waals surface area contributed by atoms with Crippen LogP contribution in [0.1, 0.15) is 5.56 Å². The van der Waals surface area contributed by atoms with E-state index >= 15 is 0 Å². The molecule has 0 unspecified atom stereocenters. The van der Waals surface area contributed by atoms with Crippen LogP contribution in [0.4, 0.5) is 11.6 Å². The minimum absolute atomic E-state index is 0.284. The van der Waals surface area contributed by atoms with Gasteiger partial charge in [0, 0.05) is 42.5 Å². The van der Waals surface area contributed by atoms with Gasteiger partial charge in [0.2, 0.25) is 5.95 Å². The molecule has 0 aliphatic rings. The lowest BCUT2D eigenvalue weighted by Gasteiger charge is -2.08. The zero-order valence-corrected chi connectivity index (χ0v) is 16.8. The van der Waals surface area contributed by atoms with E-state index in [2.05, 4.69) is 15.3 Å². The quantitative estimate of drug-likeness (QED) is 0.523. The van der Waals surface area contributed by atoms with Crippen LogP contribution in [-0.4, -0.2) is 36.3 Å². The molecule has 2 aromatic carbocycles. The van der Waals surface area contributed by atoms with Gasteiger partial charge in [0.05, 0.1) is 11.5 Å². The maximum atomic E-state index is 11.7. The monoisotopic (exact) mass is 408 g/mol. The van der Waals surface area contributed by atoms with E-state index in [1.54, 1.807) is 37.6 Å². The first-order chi connectivity index (χ1) is 13.9. The Labute approximate surface area is 168 Å². The average molecular weight is 408 g/mol. The molecule has 0 aliphatic heterocycles. The van der Waals surface area contributed by atoms with Crippen molar-refractivity contribution in [3.63, 3.8) is 0 Å². The fraction of sp³-hybridized carbons (Fsp3) is 0.143. The molecule has 4 rings (SSSR count). The molecule has 0 fully saturated rings. The second-order valence-electron chi connectivity index (χ2n) is 6.68. The Balaban J connectivity index is 1.64. The van der Waals surface area contributed by atoms with Gasteiger partial charge in [-0.25, -0.2) is 13.4 Å². The molecule has 29 heavy (non-hydrogen) atoms. The number of sulfone groups is 1. The molecular weight excluding hydrogens is 388 g/mol. The zero-order chi connectivity index (χ0) is 20.4. The fourth-order valence-electron chi connectivity index (χ4n) is 3.02. The lowest BCUT2D eigenvalue weighted by Crippen LogP contribution is -2.01. The van der Waals surface area contributed by atoms with Crippen LogP contribution in [0.5, 0.6) is 0 Å². The SMILES string of the molecule is COCc1ccc(Nc2ncc3ccn(-c4ccc(S(C)(=O)=O)cc4)c3n2)cc1. The van der Waals surface area contributed by atoms with Crippen molar-refractivity contribution in [2.75, 3.05) is 18.7 Å². The van der Waals surface area contributed by atoms with Crippen molar-refractivity contribution in [1.29, 1.82) is 0 Å². The highest BCUT2D eigenvalue weighted by atomic mass is 32.2. The number of hydrogen-bond acceptors (Lipinski definition) is 6. The molecule has 0 saturated carbocycles. The van der Waals surface area contributed by atoms with Crippen molar-refractivity contribution in [3.05, 3.63) is 72.6 Å². The van der Waals surface area contributed by atoms with Crippen molar-refractivity contribution in [2.24, 2.45) is 0 Å². The van der Waals surface area contributed by atoms with Crippen LogP contribution in [0.3, 0.4) is 0 Å². The highest BCUT2D eigenvalue weighted by molar-refractivity contribution is 7.90. The van der Waals surface area contributed by atoms with Gasteiger partial charge in [-0.05, 0) is 48.0 Å². The molecule has 2 aromatic heterocycles. The molecule has 0 atom stereocenters. The van der Waals surface area contributed by atoms with Gasteiger partial charge in [0.25, 0.3) is 0 Å². The average Bonchev–Trinajstić information content (AvgIpc) is 3.12. The van der Waals surface area contributed by atoms with Gasteiger partial charge in [0.15, 0.2) is 9.84 Å². The minimum atomic E-state index is -3.23. The van der Waals surface area contributed by atoms with Crippen LogP contribution in [0, 0.1) is 0 Å². The normalized spacial score (nSPS) is 11.7. The minimum Gasteiger partial charge on any atom is -0.380 e. The summed E-state index contributed by atoms with van der Waals surface area (Å²) in [5, 5.41) is 4.09. The van der Waals surface area contributed by atoms with Gasteiger partial charge in [-0.3, -0.25) is 0 Å². The van der Waals surface area contributed by atoms with Gasteiger partial charge in [-0.2, -0.15) is 4.98 Å². The predicted octanol–water partition coefficient (Wildman–Crippen LogP) is 3.71. The maximum Gasteiger partial charge on any atom is 0.229 e. The Morgan fingerprint density at radius 1 is 1.03 bits per heavy atom.